The molecule has 0 atom stereocenters. The molecule has 0 spiro atoms. The van der Waals surface area contributed by atoms with Gasteiger partial charge in [0.15, 0.2) is 10.6 Å². The van der Waals surface area contributed by atoms with Crippen molar-refractivity contribution in [2.75, 3.05) is 0 Å². The summed E-state index contributed by atoms with van der Waals surface area (Å²) in [6.07, 6.45) is 0. The molecule has 0 saturated heterocycles. The molecule has 1 N–H and O–H groups in total. The number of aromatic nitrogens is 3. The van der Waals surface area contributed by atoms with Crippen LogP contribution in [-0.4, -0.2) is 14.8 Å². The first-order valence-electron chi connectivity index (χ1n) is 5.65. The van der Waals surface area contributed by atoms with Crippen molar-refractivity contribution in [1.29, 1.82) is 0 Å². The van der Waals surface area contributed by atoms with Gasteiger partial charge in [0, 0.05) is 4.47 Å². The molecule has 0 unspecified atom stereocenters. The average molecular weight is 352 g/mol. The second-order valence-corrected chi connectivity index (χ2v) is 6.20. The van der Waals surface area contributed by atoms with Crippen LogP contribution in [0.15, 0.2) is 40.2 Å². The summed E-state index contributed by atoms with van der Waals surface area (Å²) >= 11 is 10.6. The molecule has 2 heterocycles. The van der Waals surface area contributed by atoms with Gasteiger partial charge in [-0.1, -0.05) is 18.2 Å². The second-order valence-electron chi connectivity index (χ2n) is 4.07. The third-order valence-electron chi connectivity index (χ3n) is 2.83. The van der Waals surface area contributed by atoms with Crippen molar-refractivity contribution in [1.82, 2.24) is 14.8 Å². The van der Waals surface area contributed by atoms with E-state index < -0.39 is 0 Å². The molecule has 0 aliphatic heterocycles. The van der Waals surface area contributed by atoms with Gasteiger partial charge in [0.05, 0.1) is 10.6 Å². The highest BCUT2D eigenvalue weighted by molar-refractivity contribution is 9.10. The van der Waals surface area contributed by atoms with Gasteiger partial charge in [0.25, 0.3) is 0 Å². The summed E-state index contributed by atoms with van der Waals surface area (Å²) in [5.41, 5.74) is 2.17. The first-order chi connectivity index (χ1) is 9.18. The zero-order valence-corrected chi connectivity index (χ0v) is 13.3. The summed E-state index contributed by atoms with van der Waals surface area (Å²) < 4.78 is 3.58. The van der Waals surface area contributed by atoms with E-state index in [2.05, 4.69) is 39.1 Å². The maximum atomic E-state index is 5.36. The highest BCUT2D eigenvalue weighted by atomic mass is 79.9. The largest absolute Gasteiger partial charge is 0.266 e. The van der Waals surface area contributed by atoms with E-state index in [9.17, 15) is 0 Å². The highest BCUT2D eigenvalue weighted by Gasteiger charge is 2.14. The number of benzene rings is 1. The highest BCUT2D eigenvalue weighted by Crippen LogP contribution is 2.30. The van der Waals surface area contributed by atoms with E-state index in [0.717, 1.165) is 26.4 Å². The number of thiophene rings is 1. The molecule has 0 aliphatic rings. The average Bonchev–Trinajstić information content (AvgIpc) is 3.02. The minimum absolute atomic E-state index is 0.592. The molecule has 3 rings (SSSR count). The number of nitrogens with one attached hydrogen (secondary N) is 1. The molecule has 3 nitrogen and oxygen atoms in total. The molecule has 19 heavy (non-hydrogen) atoms. The zero-order chi connectivity index (χ0) is 13.4. The fourth-order valence-electron chi connectivity index (χ4n) is 1.90. The Labute approximate surface area is 128 Å². The predicted octanol–water partition coefficient (Wildman–Crippen LogP) is 4.73. The standard InChI is InChI=1S/C13H10BrN3S2/c1-8-4-2-5-9(11(8)14)17-12(15-16-13(17)18)10-6-3-7-19-10/h2-7H,1H3,(H,16,18). The minimum atomic E-state index is 0.592. The van der Waals surface area contributed by atoms with Crippen molar-refractivity contribution in [3.63, 3.8) is 0 Å². The lowest BCUT2D eigenvalue weighted by Crippen LogP contribution is -1.98. The van der Waals surface area contributed by atoms with E-state index in [1.807, 2.05) is 34.2 Å². The van der Waals surface area contributed by atoms with Crippen LogP contribution in [0.1, 0.15) is 5.56 Å². The number of H-pyrrole nitrogens is 1. The molecule has 0 aliphatic carbocycles. The Hall–Kier alpha value is -1.24. The van der Waals surface area contributed by atoms with Crippen molar-refractivity contribution in [3.8, 4) is 16.4 Å². The van der Waals surface area contributed by atoms with Gasteiger partial charge in [-0.2, -0.15) is 5.10 Å². The molecule has 0 fully saturated rings. The van der Waals surface area contributed by atoms with Crippen molar-refractivity contribution < 1.29 is 0 Å². The first-order valence-corrected chi connectivity index (χ1v) is 7.73. The van der Waals surface area contributed by atoms with E-state index in [-0.39, 0.29) is 0 Å². The van der Waals surface area contributed by atoms with E-state index in [0.29, 0.717) is 4.77 Å². The van der Waals surface area contributed by atoms with Gasteiger partial charge in [0.2, 0.25) is 0 Å². The molecule has 96 valence electrons. The van der Waals surface area contributed by atoms with Crippen LogP contribution in [0.3, 0.4) is 0 Å². The number of aryl methyl sites for hydroxylation is 1. The van der Waals surface area contributed by atoms with Gasteiger partial charge in [-0.25, -0.2) is 0 Å². The summed E-state index contributed by atoms with van der Waals surface area (Å²) in [6, 6.07) is 10.1. The van der Waals surface area contributed by atoms with Crippen molar-refractivity contribution in [2.45, 2.75) is 6.92 Å². The number of rotatable bonds is 2. The lowest BCUT2D eigenvalue weighted by atomic mass is 10.2. The van der Waals surface area contributed by atoms with Gasteiger partial charge < -0.3 is 0 Å². The van der Waals surface area contributed by atoms with E-state index in [1.165, 1.54) is 0 Å². The van der Waals surface area contributed by atoms with Crippen LogP contribution in [0.4, 0.5) is 0 Å². The van der Waals surface area contributed by atoms with Crippen LogP contribution in [0.5, 0.6) is 0 Å². The molecule has 2 aromatic heterocycles. The Morgan fingerprint density at radius 3 is 2.89 bits per heavy atom. The van der Waals surface area contributed by atoms with E-state index in [1.54, 1.807) is 11.3 Å². The maximum absolute atomic E-state index is 5.36. The fourth-order valence-corrected chi connectivity index (χ4v) is 3.27. The van der Waals surface area contributed by atoms with Gasteiger partial charge in [-0.3, -0.25) is 9.67 Å². The van der Waals surface area contributed by atoms with E-state index in [4.69, 9.17) is 12.2 Å². The number of hydrogen-bond acceptors (Lipinski definition) is 3. The summed E-state index contributed by atoms with van der Waals surface area (Å²) in [4.78, 5) is 1.08. The van der Waals surface area contributed by atoms with Crippen LogP contribution >= 0.6 is 39.5 Å². The summed E-state index contributed by atoms with van der Waals surface area (Å²) in [5.74, 6) is 0.839. The SMILES string of the molecule is Cc1cccc(-n2c(-c3cccs3)n[nH]c2=S)c1Br. The summed E-state index contributed by atoms with van der Waals surface area (Å²) in [7, 11) is 0. The summed E-state index contributed by atoms with van der Waals surface area (Å²) in [6.45, 7) is 2.06. The van der Waals surface area contributed by atoms with Gasteiger partial charge in [0.1, 0.15) is 0 Å². The molecule has 0 amide bonds. The topological polar surface area (TPSA) is 33.6 Å². The fraction of sp³-hybridized carbons (Fsp3) is 0.0769. The quantitative estimate of drug-likeness (QED) is 0.677. The van der Waals surface area contributed by atoms with Crippen LogP contribution in [0.25, 0.3) is 16.4 Å². The normalized spacial score (nSPS) is 10.8. The molecule has 3 aromatic rings. The Morgan fingerprint density at radius 1 is 1.32 bits per heavy atom. The molecular formula is C13H10BrN3S2. The Kier molecular flexibility index (Phi) is 3.38. The molecule has 0 bridgehead atoms. The predicted molar refractivity (Wildman–Crippen MR) is 84.5 cm³/mol. The first kappa shape index (κ1) is 12.8. The second kappa shape index (κ2) is 5.03. The van der Waals surface area contributed by atoms with Crippen LogP contribution in [0, 0.1) is 11.7 Å². The lowest BCUT2D eigenvalue weighted by Gasteiger charge is -2.09. The number of nitrogens with zero attached hydrogens (tertiary/aromatic N) is 2. The Morgan fingerprint density at radius 2 is 2.16 bits per heavy atom. The Balaban J connectivity index is 2.29. The number of halogens is 1. The summed E-state index contributed by atoms with van der Waals surface area (Å²) in [5, 5.41) is 9.24. The monoisotopic (exact) mass is 351 g/mol. The smallest absolute Gasteiger partial charge is 0.200 e. The van der Waals surface area contributed by atoms with Crippen LogP contribution in [-0.2, 0) is 0 Å². The van der Waals surface area contributed by atoms with Gasteiger partial charge in [-0.05, 0) is 58.1 Å². The molecule has 1 aromatic carbocycles. The third kappa shape index (κ3) is 2.20. The number of hydrogen-bond donors (Lipinski definition) is 1. The minimum Gasteiger partial charge on any atom is -0.266 e. The Bertz CT molecular complexity index is 772. The van der Waals surface area contributed by atoms with Crippen LogP contribution in [0.2, 0.25) is 0 Å². The molecule has 0 saturated carbocycles. The molecule has 0 radical (unpaired) electrons. The van der Waals surface area contributed by atoms with E-state index >= 15 is 0 Å². The number of aromatic amines is 1. The van der Waals surface area contributed by atoms with Crippen molar-refractivity contribution in [2.24, 2.45) is 0 Å². The lowest BCUT2D eigenvalue weighted by molar-refractivity contribution is 1.03. The molecular weight excluding hydrogens is 342 g/mol. The maximum Gasteiger partial charge on any atom is 0.200 e. The van der Waals surface area contributed by atoms with Gasteiger partial charge in [-0.15, -0.1) is 11.3 Å². The van der Waals surface area contributed by atoms with Crippen molar-refractivity contribution in [3.05, 3.63) is 50.5 Å². The third-order valence-corrected chi connectivity index (χ3v) is 5.00. The van der Waals surface area contributed by atoms with Crippen molar-refractivity contribution >= 4 is 39.5 Å². The molecule has 6 heteroatoms. The van der Waals surface area contributed by atoms with Crippen LogP contribution < -0.4 is 0 Å². The zero-order valence-electron chi connectivity index (χ0n) is 10.1. The van der Waals surface area contributed by atoms with Gasteiger partial charge >= 0.3 is 0 Å².